The highest BCUT2D eigenvalue weighted by atomic mass is 16.5. The molecule has 114 valence electrons. The molecule has 1 aliphatic carbocycles. The van der Waals surface area contributed by atoms with E-state index in [9.17, 15) is 10.1 Å². The number of carbonyl (C=O) groups excluding carboxylic acids is 1. The fourth-order valence-electron chi connectivity index (χ4n) is 2.55. The molecule has 1 aliphatic rings. The third-order valence-electron chi connectivity index (χ3n) is 3.95. The van der Waals surface area contributed by atoms with E-state index in [1.807, 2.05) is 13.8 Å². The second kappa shape index (κ2) is 8.26. The van der Waals surface area contributed by atoms with Gasteiger partial charge in [0.05, 0.1) is 12.7 Å². The number of nitrogens with zero attached hydrogens (tertiary/aromatic N) is 2. The molecule has 0 bridgehead atoms. The van der Waals surface area contributed by atoms with Crippen molar-refractivity contribution in [2.24, 2.45) is 11.3 Å². The third kappa shape index (κ3) is 4.79. The van der Waals surface area contributed by atoms with Crippen molar-refractivity contribution in [3.05, 3.63) is 0 Å². The van der Waals surface area contributed by atoms with Crippen LogP contribution < -0.4 is 0 Å². The van der Waals surface area contributed by atoms with Gasteiger partial charge in [-0.3, -0.25) is 4.79 Å². The van der Waals surface area contributed by atoms with Gasteiger partial charge in [-0.05, 0) is 31.6 Å². The SMILES string of the molecule is CCCC(C#N)(CCC)C(=O)N(C)CCOCC1CC1. The topological polar surface area (TPSA) is 53.3 Å². The molecule has 1 fully saturated rings. The van der Waals surface area contributed by atoms with E-state index in [2.05, 4.69) is 6.07 Å². The average molecular weight is 280 g/mol. The second-order valence-corrected chi connectivity index (χ2v) is 5.94. The Morgan fingerprint density at radius 1 is 1.35 bits per heavy atom. The fraction of sp³-hybridized carbons (Fsp3) is 0.875. The van der Waals surface area contributed by atoms with E-state index in [1.165, 1.54) is 12.8 Å². The van der Waals surface area contributed by atoms with Crippen molar-refractivity contribution in [3.8, 4) is 6.07 Å². The van der Waals surface area contributed by atoms with Gasteiger partial charge in [0.15, 0.2) is 0 Å². The van der Waals surface area contributed by atoms with Crippen LogP contribution in [0, 0.1) is 22.7 Å². The largest absolute Gasteiger partial charge is 0.379 e. The van der Waals surface area contributed by atoms with Crippen molar-refractivity contribution in [3.63, 3.8) is 0 Å². The minimum atomic E-state index is -0.839. The Morgan fingerprint density at radius 2 is 1.95 bits per heavy atom. The van der Waals surface area contributed by atoms with Crippen molar-refractivity contribution >= 4 is 5.91 Å². The molecule has 0 atom stereocenters. The Balaban J connectivity index is 2.46. The van der Waals surface area contributed by atoms with Crippen LogP contribution in [0.15, 0.2) is 0 Å². The van der Waals surface area contributed by atoms with E-state index < -0.39 is 5.41 Å². The Morgan fingerprint density at radius 3 is 2.40 bits per heavy atom. The van der Waals surface area contributed by atoms with Crippen LogP contribution in [0.25, 0.3) is 0 Å². The number of nitriles is 1. The Labute approximate surface area is 123 Å². The molecule has 1 saturated carbocycles. The summed E-state index contributed by atoms with van der Waals surface area (Å²) in [6, 6.07) is 2.28. The number of amides is 1. The molecular formula is C16H28N2O2. The van der Waals surface area contributed by atoms with Crippen LogP contribution in [0.3, 0.4) is 0 Å². The van der Waals surface area contributed by atoms with Gasteiger partial charge in [0, 0.05) is 20.2 Å². The van der Waals surface area contributed by atoms with Crippen LogP contribution in [0.2, 0.25) is 0 Å². The number of ether oxygens (including phenoxy) is 1. The number of likely N-dealkylation sites (N-methyl/N-ethyl adjacent to an activating group) is 1. The van der Waals surface area contributed by atoms with E-state index in [1.54, 1.807) is 11.9 Å². The molecule has 0 aliphatic heterocycles. The van der Waals surface area contributed by atoms with Crippen molar-refractivity contribution in [1.82, 2.24) is 4.90 Å². The van der Waals surface area contributed by atoms with Crippen LogP contribution in [0.4, 0.5) is 0 Å². The first kappa shape index (κ1) is 17.0. The van der Waals surface area contributed by atoms with E-state index in [4.69, 9.17) is 4.74 Å². The summed E-state index contributed by atoms with van der Waals surface area (Å²) in [5.41, 5.74) is -0.839. The zero-order valence-corrected chi connectivity index (χ0v) is 13.2. The molecule has 0 radical (unpaired) electrons. The maximum absolute atomic E-state index is 12.6. The van der Waals surface area contributed by atoms with Gasteiger partial charge in [-0.1, -0.05) is 26.7 Å². The first-order valence-corrected chi connectivity index (χ1v) is 7.84. The van der Waals surface area contributed by atoms with Gasteiger partial charge < -0.3 is 9.64 Å². The minimum Gasteiger partial charge on any atom is -0.379 e. The van der Waals surface area contributed by atoms with Gasteiger partial charge in [-0.15, -0.1) is 0 Å². The second-order valence-electron chi connectivity index (χ2n) is 5.94. The zero-order chi connectivity index (χ0) is 15.0. The maximum atomic E-state index is 12.6. The molecule has 20 heavy (non-hydrogen) atoms. The van der Waals surface area contributed by atoms with Crippen LogP contribution in [-0.2, 0) is 9.53 Å². The molecule has 0 spiro atoms. The van der Waals surface area contributed by atoms with Gasteiger partial charge in [0.1, 0.15) is 5.41 Å². The normalized spacial score (nSPS) is 14.9. The Hall–Kier alpha value is -1.08. The summed E-state index contributed by atoms with van der Waals surface area (Å²) in [5, 5.41) is 9.48. The molecule has 0 unspecified atom stereocenters. The van der Waals surface area contributed by atoms with Gasteiger partial charge in [-0.2, -0.15) is 5.26 Å². The number of hydrogen-bond donors (Lipinski definition) is 0. The lowest BCUT2D eigenvalue weighted by atomic mass is 9.79. The monoisotopic (exact) mass is 280 g/mol. The fourth-order valence-corrected chi connectivity index (χ4v) is 2.55. The van der Waals surface area contributed by atoms with Crippen LogP contribution >= 0.6 is 0 Å². The van der Waals surface area contributed by atoms with Crippen LogP contribution in [-0.4, -0.2) is 37.6 Å². The summed E-state index contributed by atoms with van der Waals surface area (Å²) in [7, 11) is 1.78. The molecule has 0 aromatic heterocycles. The molecule has 0 heterocycles. The zero-order valence-electron chi connectivity index (χ0n) is 13.2. The average Bonchev–Trinajstić information content (AvgIpc) is 3.26. The van der Waals surface area contributed by atoms with Gasteiger partial charge >= 0.3 is 0 Å². The van der Waals surface area contributed by atoms with Crippen LogP contribution in [0.5, 0.6) is 0 Å². The number of hydrogen-bond acceptors (Lipinski definition) is 3. The number of rotatable bonds is 10. The lowest BCUT2D eigenvalue weighted by Gasteiger charge is -2.30. The lowest BCUT2D eigenvalue weighted by molar-refractivity contribution is -0.139. The third-order valence-corrected chi connectivity index (χ3v) is 3.95. The van der Waals surface area contributed by atoms with Crippen molar-refractivity contribution < 1.29 is 9.53 Å². The Bertz CT molecular complexity index is 339. The molecule has 4 nitrogen and oxygen atoms in total. The lowest BCUT2D eigenvalue weighted by Crippen LogP contribution is -2.42. The summed E-state index contributed by atoms with van der Waals surface area (Å²) >= 11 is 0. The highest BCUT2D eigenvalue weighted by Gasteiger charge is 2.38. The highest BCUT2D eigenvalue weighted by Crippen LogP contribution is 2.31. The van der Waals surface area contributed by atoms with Gasteiger partial charge in [0.25, 0.3) is 0 Å². The molecular weight excluding hydrogens is 252 g/mol. The summed E-state index contributed by atoms with van der Waals surface area (Å²) in [5.74, 6) is 0.702. The molecule has 0 N–H and O–H groups in total. The standard InChI is InChI=1S/C16H28N2O2/c1-4-8-16(13-17,9-5-2)15(19)18(3)10-11-20-12-14-6-7-14/h14H,4-12H2,1-3H3. The number of carbonyl (C=O) groups is 1. The molecule has 4 heteroatoms. The van der Waals surface area contributed by atoms with Gasteiger partial charge in [-0.25, -0.2) is 0 Å². The first-order valence-electron chi connectivity index (χ1n) is 7.84. The minimum absolute atomic E-state index is 0.0429. The van der Waals surface area contributed by atoms with E-state index in [-0.39, 0.29) is 5.91 Å². The summed E-state index contributed by atoms with van der Waals surface area (Å²) in [6.45, 7) is 6.00. The predicted octanol–water partition coefficient (Wildman–Crippen LogP) is 2.98. The summed E-state index contributed by atoms with van der Waals surface area (Å²) < 4.78 is 5.57. The predicted molar refractivity (Wildman–Crippen MR) is 79.0 cm³/mol. The highest BCUT2D eigenvalue weighted by molar-refractivity contribution is 5.85. The molecule has 1 rings (SSSR count). The van der Waals surface area contributed by atoms with E-state index in [0.29, 0.717) is 26.0 Å². The summed E-state index contributed by atoms with van der Waals surface area (Å²) in [4.78, 5) is 14.2. The van der Waals surface area contributed by atoms with E-state index >= 15 is 0 Å². The van der Waals surface area contributed by atoms with Crippen molar-refractivity contribution in [2.75, 3.05) is 26.8 Å². The quantitative estimate of drug-likeness (QED) is 0.578. The van der Waals surface area contributed by atoms with Crippen molar-refractivity contribution in [1.29, 1.82) is 5.26 Å². The van der Waals surface area contributed by atoms with Gasteiger partial charge in [0.2, 0.25) is 5.91 Å². The maximum Gasteiger partial charge on any atom is 0.242 e. The molecule has 0 aromatic rings. The van der Waals surface area contributed by atoms with E-state index in [0.717, 1.165) is 25.4 Å². The first-order chi connectivity index (χ1) is 9.59. The molecule has 0 saturated heterocycles. The smallest absolute Gasteiger partial charge is 0.242 e. The molecule has 0 aromatic carbocycles. The molecule has 1 amide bonds. The van der Waals surface area contributed by atoms with Crippen LogP contribution in [0.1, 0.15) is 52.4 Å². The van der Waals surface area contributed by atoms with Crippen molar-refractivity contribution in [2.45, 2.75) is 52.4 Å². The Kier molecular flexibility index (Phi) is 7.01. The summed E-state index contributed by atoms with van der Waals surface area (Å²) in [6.07, 6.45) is 5.54.